The summed E-state index contributed by atoms with van der Waals surface area (Å²) in [5.41, 5.74) is 2.95. The fraction of sp³-hybridized carbons (Fsp3) is 0.125. The van der Waals surface area contributed by atoms with Crippen molar-refractivity contribution in [3.05, 3.63) is 83.9 Å². The van der Waals surface area contributed by atoms with Crippen LogP contribution in [0.25, 0.3) is 10.9 Å². The number of H-pyrrole nitrogens is 1. The number of para-hydroxylation sites is 1. The normalized spacial score (nSPS) is 11.8. The van der Waals surface area contributed by atoms with E-state index in [4.69, 9.17) is 0 Å². The molecule has 1 aromatic heterocycles. The van der Waals surface area contributed by atoms with Crippen LogP contribution < -0.4 is 4.31 Å². The van der Waals surface area contributed by atoms with Gasteiger partial charge in [0, 0.05) is 5.39 Å². The van der Waals surface area contributed by atoms with E-state index in [1.54, 1.807) is 60.7 Å². The summed E-state index contributed by atoms with van der Waals surface area (Å²) in [5.74, 6) is -1.01. The number of carbonyl (C=O) groups is 1. The molecule has 0 aliphatic rings. The second kappa shape index (κ2) is 8.87. The number of fused-ring (bicyclic) bond motifs is 1. The van der Waals surface area contributed by atoms with Gasteiger partial charge < -0.3 is 10.1 Å². The molecular formula is C24H22N4O4S. The third-order valence-electron chi connectivity index (χ3n) is 5.13. The number of nitrogens with zero attached hydrogens (tertiary/aromatic N) is 3. The molecule has 33 heavy (non-hydrogen) atoms. The highest BCUT2D eigenvalue weighted by molar-refractivity contribution is 7.92. The van der Waals surface area contributed by atoms with Crippen LogP contribution in [0, 0.1) is 13.8 Å². The summed E-state index contributed by atoms with van der Waals surface area (Å²) in [6.45, 7) is 3.19. The number of carbonyl (C=O) groups excluding carboxylic acids is 1. The molecular weight excluding hydrogens is 440 g/mol. The van der Waals surface area contributed by atoms with Crippen molar-refractivity contribution in [3.8, 4) is 5.88 Å². The minimum Gasteiger partial charge on any atom is -0.493 e. The monoisotopic (exact) mass is 462 g/mol. The first-order chi connectivity index (χ1) is 15.8. The van der Waals surface area contributed by atoms with Crippen LogP contribution in [-0.2, 0) is 14.8 Å². The number of benzene rings is 3. The topological polar surface area (TPSA) is 115 Å². The van der Waals surface area contributed by atoms with Gasteiger partial charge in [-0.3, -0.25) is 9.10 Å². The molecule has 0 saturated heterocycles. The third kappa shape index (κ3) is 4.63. The molecule has 0 unspecified atom stereocenters. The number of hydrogen-bond donors (Lipinski definition) is 2. The van der Waals surface area contributed by atoms with E-state index in [2.05, 4.69) is 15.2 Å². The number of aromatic hydroxyl groups is 1. The minimum absolute atomic E-state index is 0.0627. The van der Waals surface area contributed by atoms with Crippen LogP contribution in [0.15, 0.2) is 87.9 Å². The molecule has 0 saturated carbocycles. The fourth-order valence-electron chi connectivity index (χ4n) is 3.34. The van der Waals surface area contributed by atoms with Gasteiger partial charge >= 0.3 is 0 Å². The van der Waals surface area contributed by atoms with E-state index in [0.29, 0.717) is 16.6 Å². The minimum atomic E-state index is -4.04. The Bertz CT molecular complexity index is 1440. The molecule has 168 valence electrons. The molecule has 0 bridgehead atoms. The van der Waals surface area contributed by atoms with Crippen LogP contribution in [0.5, 0.6) is 5.88 Å². The predicted octanol–water partition coefficient (Wildman–Crippen LogP) is 5.00. The van der Waals surface area contributed by atoms with E-state index in [9.17, 15) is 18.3 Å². The first-order valence-electron chi connectivity index (χ1n) is 10.2. The third-order valence-corrected chi connectivity index (χ3v) is 6.92. The van der Waals surface area contributed by atoms with Crippen molar-refractivity contribution < 1.29 is 18.3 Å². The number of azo groups is 1. The summed E-state index contributed by atoms with van der Waals surface area (Å²) in [6, 6.07) is 20.2. The number of aryl methyl sites for hydroxylation is 2. The van der Waals surface area contributed by atoms with Crippen LogP contribution >= 0.6 is 0 Å². The van der Waals surface area contributed by atoms with Gasteiger partial charge in [-0.1, -0.05) is 53.6 Å². The van der Waals surface area contributed by atoms with Gasteiger partial charge in [0.1, 0.15) is 6.54 Å². The second-order valence-electron chi connectivity index (χ2n) is 7.62. The lowest BCUT2D eigenvalue weighted by Gasteiger charge is -2.23. The average molecular weight is 463 g/mol. The zero-order valence-corrected chi connectivity index (χ0v) is 18.9. The van der Waals surface area contributed by atoms with Crippen LogP contribution in [0.4, 0.5) is 11.4 Å². The van der Waals surface area contributed by atoms with Crippen molar-refractivity contribution in [2.45, 2.75) is 18.7 Å². The smallest absolute Gasteiger partial charge is 0.285 e. The zero-order chi connectivity index (χ0) is 23.6. The molecule has 3 aromatic carbocycles. The van der Waals surface area contributed by atoms with Crippen molar-refractivity contribution in [3.63, 3.8) is 0 Å². The zero-order valence-electron chi connectivity index (χ0n) is 18.1. The Kier molecular flexibility index (Phi) is 5.97. The summed E-state index contributed by atoms with van der Waals surface area (Å²) in [7, 11) is -4.04. The molecule has 0 spiro atoms. The summed E-state index contributed by atoms with van der Waals surface area (Å²) >= 11 is 0. The Labute approximate surface area is 191 Å². The van der Waals surface area contributed by atoms with E-state index in [1.165, 1.54) is 12.1 Å². The van der Waals surface area contributed by atoms with Gasteiger partial charge in [0.2, 0.25) is 5.88 Å². The van der Waals surface area contributed by atoms with Crippen molar-refractivity contribution in [1.29, 1.82) is 0 Å². The lowest BCUT2D eigenvalue weighted by molar-refractivity contribution is -0.116. The van der Waals surface area contributed by atoms with E-state index in [1.807, 2.05) is 13.8 Å². The quantitative estimate of drug-likeness (QED) is 0.393. The molecule has 4 rings (SSSR count). The Morgan fingerprint density at radius 3 is 2.21 bits per heavy atom. The SMILES string of the molecule is Cc1ccc(N(CC(=O)N=Nc2c(O)[nH]c3ccccc23)S(=O)(=O)c2ccc(C)cc2)cc1. The molecule has 0 aliphatic carbocycles. The summed E-state index contributed by atoms with van der Waals surface area (Å²) < 4.78 is 27.8. The first-order valence-corrected chi connectivity index (χ1v) is 11.6. The maximum Gasteiger partial charge on any atom is 0.285 e. The van der Waals surface area contributed by atoms with Gasteiger partial charge in [-0.15, -0.1) is 10.2 Å². The highest BCUT2D eigenvalue weighted by atomic mass is 32.2. The molecule has 0 fully saturated rings. The molecule has 0 radical (unpaired) electrons. The van der Waals surface area contributed by atoms with Crippen molar-refractivity contribution in [1.82, 2.24) is 4.98 Å². The average Bonchev–Trinajstić information content (AvgIpc) is 3.12. The number of nitrogens with one attached hydrogen (secondary N) is 1. The standard InChI is InChI=1S/C24H22N4O4S/c1-16-7-11-18(12-8-16)28(33(31,32)19-13-9-17(2)10-14-19)15-22(29)26-27-23-20-5-3-4-6-21(20)25-24(23)30/h3-14,25,30H,15H2,1-2H3. The summed E-state index contributed by atoms with van der Waals surface area (Å²) in [6.07, 6.45) is 0. The second-order valence-corrected chi connectivity index (χ2v) is 9.48. The molecule has 4 aromatic rings. The summed E-state index contributed by atoms with van der Waals surface area (Å²) in [4.78, 5) is 15.5. The molecule has 9 heteroatoms. The highest BCUT2D eigenvalue weighted by Gasteiger charge is 2.27. The Hall–Kier alpha value is -3.98. The van der Waals surface area contributed by atoms with E-state index >= 15 is 0 Å². The van der Waals surface area contributed by atoms with Crippen LogP contribution in [-0.4, -0.2) is 31.0 Å². The first kappa shape index (κ1) is 22.2. The molecule has 1 amide bonds. The van der Waals surface area contributed by atoms with Gasteiger partial charge in [-0.25, -0.2) is 8.42 Å². The number of aromatic nitrogens is 1. The summed E-state index contributed by atoms with van der Waals surface area (Å²) in [5, 5.41) is 18.3. The molecule has 8 nitrogen and oxygen atoms in total. The largest absolute Gasteiger partial charge is 0.493 e. The van der Waals surface area contributed by atoms with E-state index < -0.39 is 22.5 Å². The number of anilines is 1. The van der Waals surface area contributed by atoms with Crippen molar-refractivity contribution >= 4 is 38.2 Å². The van der Waals surface area contributed by atoms with Crippen molar-refractivity contribution in [2.24, 2.45) is 10.2 Å². The maximum atomic E-state index is 13.4. The van der Waals surface area contributed by atoms with Crippen LogP contribution in [0.1, 0.15) is 11.1 Å². The predicted molar refractivity (Wildman–Crippen MR) is 126 cm³/mol. The van der Waals surface area contributed by atoms with Gasteiger partial charge in [0.05, 0.1) is 16.1 Å². The molecule has 1 heterocycles. The number of sulfonamides is 1. The van der Waals surface area contributed by atoms with Gasteiger partial charge in [0.15, 0.2) is 5.69 Å². The van der Waals surface area contributed by atoms with E-state index in [-0.39, 0.29) is 16.5 Å². The Morgan fingerprint density at radius 2 is 1.55 bits per heavy atom. The molecule has 2 N–H and O–H groups in total. The van der Waals surface area contributed by atoms with Gasteiger partial charge in [-0.05, 0) is 44.2 Å². The lowest BCUT2D eigenvalue weighted by Crippen LogP contribution is -2.35. The molecule has 0 aliphatic heterocycles. The van der Waals surface area contributed by atoms with Crippen molar-refractivity contribution in [2.75, 3.05) is 10.8 Å². The lowest BCUT2D eigenvalue weighted by atomic mass is 10.2. The number of aromatic amines is 1. The maximum absolute atomic E-state index is 13.4. The fourth-order valence-corrected chi connectivity index (χ4v) is 4.75. The Morgan fingerprint density at radius 1 is 0.939 bits per heavy atom. The van der Waals surface area contributed by atoms with Crippen LogP contribution in [0.2, 0.25) is 0 Å². The number of amides is 1. The molecule has 0 atom stereocenters. The van der Waals surface area contributed by atoms with Gasteiger partial charge in [-0.2, -0.15) is 0 Å². The van der Waals surface area contributed by atoms with E-state index in [0.717, 1.165) is 15.4 Å². The van der Waals surface area contributed by atoms with Gasteiger partial charge in [0.25, 0.3) is 15.9 Å². The number of rotatable bonds is 6. The van der Waals surface area contributed by atoms with Crippen LogP contribution in [0.3, 0.4) is 0 Å². The number of hydrogen-bond acceptors (Lipinski definition) is 5. The Balaban J connectivity index is 1.67. The highest BCUT2D eigenvalue weighted by Crippen LogP contribution is 2.35.